The highest BCUT2D eigenvalue weighted by atomic mass is 32.2. The predicted molar refractivity (Wildman–Crippen MR) is 177 cm³/mol. The fraction of sp³-hybridized carbons (Fsp3) is 0.429. The zero-order chi connectivity index (χ0) is 31.9. The van der Waals surface area contributed by atoms with E-state index in [0.29, 0.717) is 12.1 Å². The highest BCUT2D eigenvalue weighted by Crippen LogP contribution is 2.27. The second-order valence-corrected chi connectivity index (χ2v) is 14.2. The summed E-state index contributed by atoms with van der Waals surface area (Å²) in [7, 11) is -1.13. The SMILES string of the molecule is Cc1ccc(CN(C(=O)CN(c2cc(C)ccc2C)S(=O)(=O)N(C)C)[C@@H](Cc2ccccc2)C(=O)NC2CCCCC2)cc1. The second kappa shape index (κ2) is 14.9. The van der Waals surface area contributed by atoms with Gasteiger partial charge in [-0.15, -0.1) is 0 Å². The number of rotatable bonds is 12. The monoisotopic (exact) mass is 618 g/mol. The molecule has 236 valence electrons. The largest absolute Gasteiger partial charge is 0.352 e. The van der Waals surface area contributed by atoms with Crippen molar-refractivity contribution in [2.45, 2.75) is 77.9 Å². The summed E-state index contributed by atoms with van der Waals surface area (Å²) >= 11 is 0. The molecular weight excluding hydrogens is 572 g/mol. The molecule has 3 aromatic rings. The molecule has 0 unspecified atom stereocenters. The summed E-state index contributed by atoms with van der Waals surface area (Å²) < 4.78 is 29.7. The van der Waals surface area contributed by atoms with Crippen LogP contribution in [0.3, 0.4) is 0 Å². The summed E-state index contributed by atoms with van der Waals surface area (Å²) in [4.78, 5) is 30.2. The molecule has 0 saturated heterocycles. The zero-order valence-electron chi connectivity index (χ0n) is 26.6. The van der Waals surface area contributed by atoms with Crippen LogP contribution in [0.1, 0.15) is 59.9 Å². The van der Waals surface area contributed by atoms with Crippen LogP contribution in [-0.4, -0.2) is 62.2 Å². The Kier molecular flexibility index (Phi) is 11.2. The van der Waals surface area contributed by atoms with Gasteiger partial charge in [-0.3, -0.25) is 9.59 Å². The van der Waals surface area contributed by atoms with Crippen molar-refractivity contribution in [1.82, 2.24) is 14.5 Å². The smallest absolute Gasteiger partial charge is 0.304 e. The fourth-order valence-corrected chi connectivity index (χ4v) is 6.79. The Morgan fingerprint density at radius 1 is 0.841 bits per heavy atom. The Morgan fingerprint density at radius 3 is 2.11 bits per heavy atom. The molecule has 1 N–H and O–H groups in total. The third-order valence-corrected chi connectivity index (χ3v) is 10.2. The molecule has 1 saturated carbocycles. The van der Waals surface area contributed by atoms with Crippen LogP contribution in [0.5, 0.6) is 0 Å². The van der Waals surface area contributed by atoms with E-state index in [1.54, 1.807) is 11.0 Å². The molecule has 9 heteroatoms. The minimum atomic E-state index is -4.05. The maximum Gasteiger partial charge on any atom is 0.304 e. The van der Waals surface area contributed by atoms with Gasteiger partial charge in [0.2, 0.25) is 11.8 Å². The van der Waals surface area contributed by atoms with E-state index in [9.17, 15) is 18.0 Å². The van der Waals surface area contributed by atoms with E-state index in [-0.39, 0.29) is 18.5 Å². The molecule has 0 bridgehead atoms. The Bertz CT molecular complexity index is 1520. The molecule has 44 heavy (non-hydrogen) atoms. The first-order chi connectivity index (χ1) is 21.0. The number of hydrogen-bond donors (Lipinski definition) is 1. The van der Waals surface area contributed by atoms with Crippen LogP contribution in [0.25, 0.3) is 0 Å². The second-order valence-electron chi connectivity index (χ2n) is 12.1. The van der Waals surface area contributed by atoms with Gasteiger partial charge in [-0.05, 0) is 61.9 Å². The molecule has 0 heterocycles. The van der Waals surface area contributed by atoms with Crippen LogP contribution < -0.4 is 9.62 Å². The van der Waals surface area contributed by atoms with Crippen LogP contribution in [-0.2, 0) is 32.8 Å². The average Bonchev–Trinajstić information content (AvgIpc) is 3.00. The van der Waals surface area contributed by atoms with E-state index in [1.807, 2.05) is 87.5 Å². The van der Waals surface area contributed by atoms with E-state index in [4.69, 9.17) is 0 Å². The van der Waals surface area contributed by atoms with Crippen LogP contribution in [0.15, 0.2) is 72.8 Å². The van der Waals surface area contributed by atoms with Crippen LogP contribution in [0.2, 0.25) is 0 Å². The molecule has 4 rings (SSSR count). The summed E-state index contributed by atoms with van der Waals surface area (Å²) in [5.74, 6) is -0.661. The number of nitrogens with zero attached hydrogens (tertiary/aromatic N) is 3. The van der Waals surface area contributed by atoms with Gasteiger partial charge in [-0.1, -0.05) is 91.6 Å². The number of nitrogens with one attached hydrogen (secondary N) is 1. The fourth-order valence-electron chi connectivity index (χ4n) is 5.68. The summed E-state index contributed by atoms with van der Waals surface area (Å²) in [6.45, 7) is 5.43. The molecule has 0 aromatic heterocycles. The molecule has 1 fully saturated rings. The van der Waals surface area contributed by atoms with Gasteiger partial charge >= 0.3 is 10.2 Å². The van der Waals surface area contributed by atoms with Crippen molar-refractivity contribution in [3.05, 3.63) is 101 Å². The topological polar surface area (TPSA) is 90.0 Å². The Morgan fingerprint density at radius 2 is 1.48 bits per heavy atom. The standard InChI is InChI=1S/C35H46N4O4S/c1-26-17-20-30(21-18-26)24-38(33(23-29-12-8-6-9-13-29)35(41)36-31-14-10-7-11-15-31)34(40)25-39(44(42,43)37(4)5)32-22-27(2)16-19-28(32)3/h6,8-9,12-13,16-22,31,33H,7,10-11,14-15,23-25H2,1-5H3,(H,36,41)/t33-/m0/s1. The van der Waals surface area contributed by atoms with Gasteiger partial charge in [0.25, 0.3) is 0 Å². The van der Waals surface area contributed by atoms with Crippen molar-refractivity contribution < 1.29 is 18.0 Å². The van der Waals surface area contributed by atoms with Gasteiger partial charge < -0.3 is 10.2 Å². The summed E-state index contributed by atoms with van der Waals surface area (Å²) in [5, 5.41) is 3.25. The molecule has 2 amide bonds. The summed E-state index contributed by atoms with van der Waals surface area (Å²) in [6, 6.07) is 22.3. The number of aryl methyl sites for hydroxylation is 3. The van der Waals surface area contributed by atoms with Crippen molar-refractivity contribution in [2.24, 2.45) is 0 Å². The minimum absolute atomic E-state index is 0.0615. The lowest BCUT2D eigenvalue weighted by molar-refractivity contribution is -0.140. The summed E-state index contributed by atoms with van der Waals surface area (Å²) in [6.07, 6.45) is 5.42. The Hall–Kier alpha value is -3.69. The van der Waals surface area contributed by atoms with Crippen LogP contribution >= 0.6 is 0 Å². The molecule has 8 nitrogen and oxygen atoms in total. The first-order valence-corrected chi connectivity index (χ1v) is 16.8. The zero-order valence-corrected chi connectivity index (χ0v) is 27.4. The van der Waals surface area contributed by atoms with Crippen LogP contribution in [0.4, 0.5) is 5.69 Å². The Balaban J connectivity index is 1.77. The number of carbonyl (C=O) groups is 2. The highest BCUT2D eigenvalue weighted by Gasteiger charge is 2.36. The van der Waals surface area contributed by atoms with Crippen molar-refractivity contribution in [3.63, 3.8) is 0 Å². The van der Waals surface area contributed by atoms with Crippen molar-refractivity contribution >= 4 is 27.7 Å². The third-order valence-electron chi connectivity index (χ3n) is 8.35. The predicted octanol–water partition coefficient (Wildman–Crippen LogP) is 5.31. The average molecular weight is 619 g/mol. The lowest BCUT2D eigenvalue weighted by Gasteiger charge is -2.36. The molecule has 1 aliphatic carbocycles. The van der Waals surface area contributed by atoms with Gasteiger partial charge in [0.1, 0.15) is 12.6 Å². The number of benzene rings is 3. The highest BCUT2D eigenvalue weighted by molar-refractivity contribution is 7.90. The van der Waals surface area contributed by atoms with Crippen LogP contribution in [0, 0.1) is 20.8 Å². The van der Waals surface area contributed by atoms with Gasteiger partial charge in [0.15, 0.2) is 0 Å². The van der Waals surface area contributed by atoms with E-state index < -0.39 is 28.7 Å². The maximum atomic E-state index is 14.5. The quantitative estimate of drug-likeness (QED) is 0.298. The Labute approximate surface area is 263 Å². The normalized spacial score (nSPS) is 14.7. The number of amides is 2. The molecule has 3 aromatic carbocycles. The lowest BCUT2D eigenvalue weighted by atomic mass is 9.94. The molecule has 0 aliphatic heterocycles. The van der Waals surface area contributed by atoms with Gasteiger partial charge in [-0.2, -0.15) is 12.7 Å². The van der Waals surface area contributed by atoms with E-state index in [1.165, 1.54) is 18.4 Å². The molecule has 0 spiro atoms. The number of carbonyl (C=O) groups excluding carboxylic acids is 2. The van der Waals surface area contributed by atoms with Gasteiger partial charge in [0, 0.05) is 33.1 Å². The van der Waals surface area contributed by atoms with Crippen molar-refractivity contribution in [2.75, 3.05) is 24.9 Å². The summed E-state index contributed by atoms with van der Waals surface area (Å²) in [5.41, 5.74) is 4.91. The van der Waals surface area contributed by atoms with E-state index in [2.05, 4.69) is 5.32 Å². The molecule has 1 aliphatic rings. The van der Waals surface area contributed by atoms with Crippen molar-refractivity contribution in [3.8, 4) is 0 Å². The van der Waals surface area contributed by atoms with Gasteiger partial charge in [-0.25, -0.2) is 4.31 Å². The van der Waals surface area contributed by atoms with E-state index >= 15 is 0 Å². The number of hydrogen-bond acceptors (Lipinski definition) is 4. The molecule has 1 atom stereocenters. The van der Waals surface area contributed by atoms with Crippen molar-refractivity contribution in [1.29, 1.82) is 0 Å². The first kappa shape index (κ1) is 33.2. The minimum Gasteiger partial charge on any atom is -0.352 e. The maximum absolute atomic E-state index is 14.5. The first-order valence-electron chi connectivity index (χ1n) is 15.4. The lowest BCUT2D eigenvalue weighted by Crippen LogP contribution is -2.55. The van der Waals surface area contributed by atoms with E-state index in [0.717, 1.165) is 64.2 Å². The molecule has 0 radical (unpaired) electrons. The molecular formula is C35H46N4O4S. The third kappa shape index (κ3) is 8.48. The van der Waals surface area contributed by atoms with Gasteiger partial charge in [0.05, 0.1) is 5.69 Å². The number of anilines is 1.